The first-order valence-corrected chi connectivity index (χ1v) is 5.48. The van der Waals surface area contributed by atoms with Crippen LogP contribution in [0.4, 0.5) is 0 Å². The predicted octanol–water partition coefficient (Wildman–Crippen LogP) is 2.09. The van der Waals surface area contributed by atoms with Crippen LogP contribution in [0.15, 0.2) is 28.7 Å². The molecule has 15 heavy (non-hydrogen) atoms. The van der Waals surface area contributed by atoms with Crippen molar-refractivity contribution in [3.05, 3.63) is 34.3 Å². The predicted molar refractivity (Wildman–Crippen MR) is 58.7 cm³/mol. The van der Waals surface area contributed by atoms with Gasteiger partial charge in [-0.05, 0) is 18.1 Å². The first-order chi connectivity index (χ1) is 7.14. The average Bonchev–Trinajstić information content (AvgIpc) is 2.13. The summed E-state index contributed by atoms with van der Waals surface area (Å²) in [5.41, 5.74) is 0.298. The van der Waals surface area contributed by atoms with E-state index in [0.29, 0.717) is 19.6 Å². The zero-order valence-electron chi connectivity index (χ0n) is 8.07. The van der Waals surface area contributed by atoms with Gasteiger partial charge in [-0.25, -0.2) is 0 Å². The summed E-state index contributed by atoms with van der Waals surface area (Å²) in [6.07, 6.45) is 0.518. The van der Waals surface area contributed by atoms with E-state index in [1.54, 1.807) is 0 Å². The van der Waals surface area contributed by atoms with Gasteiger partial charge in [-0.15, -0.1) is 0 Å². The van der Waals surface area contributed by atoms with Gasteiger partial charge in [0.25, 0.3) is 0 Å². The van der Waals surface area contributed by atoms with Gasteiger partial charge in [-0.2, -0.15) is 0 Å². The van der Waals surface area contributed by atoms with Gasteiger partial charge in [0, 0.05) is 4.47 Å². The number of rotatable bonds is 3. The monoisotopic (exact) mass is 270 g/mol. The van der Waals surface area contributed by atoms with Crippen molar-refractivity contribution in [3.8, 4) is 0 Å². The lowest BCUT2D eigenvalue weighted by Gasteiger charge is -2.37. The van der Waals surface area contributed by atoms with E-state index in [1.807, 2.05) is 24.3 Å². The van der Waals surface area contributed by atoms with Gasteiger partial charge in [0.05, 0.1) is 13.2 Å². The molecular formula is C11H11BrO3. The molecule has 0 amide bonds. The molecule has 0 bridgehead atoms. The van der Waals surface area contributed by atoms with Crippen molar-refractivity contribution >= 4 is 21.9 Å². The molecule has 1 aliphatic heterocycles. The number of halogens is 1. The Labute approximate surface area is 96.2 Å². The number of hydrogen-bond acceptors (Lipinski definition) is 2. The SMILES string of the molecule is O=C(O)C1(Cc2ccccc2Br)COC1. The van der Waals surface area contributed by atoms with Crippen LogP contribution >= 0.6 is 15.9 Å². The van der Waals surface area contributed by atoms with Crippen LogP contribution in [0, 0.1) is 5.41 Å². The van der Waals surface area contributed by atoms with Crippen molar-refractivity contribution in [2.45, 2.75) is 6.42 Å². The molecule has 2 rings (SSSR count). The quantitative estimate of drug-likeness (QED) is 0.915. The van der Waals surface area contributed by atoms with E-state index in [0.717, 1.165) is 10.0 Å². The van der Waals surface area contributed by atoms with E-state index in [4.69, 9.17) is 9.84 Å². The molecule has 0 saturated carbocycles. The van der Waals surface area contributed by atoms with Crippen molar-refractivity contribution in [3.63, 3.8) is 0 Å². The van der Waals surface area contributed by atoms with E-state index in [9.17, 15) is 4.79 Å². The minimum absolute atomic E-state index is 0.309. The number of carboxylic acids is 1. The Kier molecular flexibility index (Phi) is 2.80. The highest BCUT2D eigenvalue weighted by Gasteiger charge is 2.46. The fourth-order valence-electron chi connectivity index (χ4n) is 1.66. The summed E-state index contributed by atoms with van der Waals surface area (Å²) in [7, 11) is 0. The van der Waals surface area contributed by atoms with Crippen LogP contribution in [0.3, 0.4) is 0 Å². The molecule has 1 saturated heterocycles. The summed E-state index contributed by atoms with van der Waals surface area (Å²) in [5, 5.41) is 9.14. The first-order valence-electron chi connectivity index (χ1n) is 4.69. The van der Waals surface area contributed by atoms with Gasteiger partial charge in [0.15, 0.2) is 0 Å². The van der Waals surface area contributed by atoms with E-state index in [2.05, 4.69) is 15.9 Å². The topological polar surface area (TPSA) is 46.5 Å². The minimum atomic E-state index is -0.774. The van der Waals surface area contributed by atoms with E-state index >= 15 is 0 Å². The van der Waals surface area contributed by atoms with Crippen LogP contribution in [-0.4, -0.2) is 24.3 Å². The Bertz CT molecular complexity index is 385. The van der Waals surface area contributed by atoms with Crippen molar-refractivity contribution in [2.24, 2.45) is 5.41 Å². The van der Waals surface area contributed by atoms with E-state index < -0.39 is 11.4 Å². The van der Waals surface area contributed by atoms with Crippen molar-refractivity contribution in [2.75, 3.05) is 13.2 Å². The molecule has 1 heterocycles. The van der Waals surface area contributed by atoms with E-state index in [1.165, 1.54) is 0 Å². The van der Waals surface area contributed by atoms with Gasteiger partial charge in [0.1, 0.15) is 5.41 Å². The smallest absolute Gasteiger partial charge is 0.314 e. The highest BCUT2D eigenvalue weighted by molar-refractivity contribution is 9.10. The van der Waals surface area contributed by atoms with Gasteiger partial charge < -0.3 is 9.84 Å². The number of carboxylic acid groups (broad SMARTS) is 1. The zero-order chi connectivity index (χ0) is 10.9. The second kappa shape index (κ2) is 3.94. The highest BCUT2D eigenvalue weighted by atomic mass is 79.9. The molecular weight excluding hydrogens is 260 g/mol. The molecule has 0 radical (unpaired) electrons. The van der Waals surface area contributed by atoms with Crippen LogP contribution in [-0.2, 0) is 16.0 Å². The summed E-state index contributed by atoms with van der Waals surface area (Å²) in [4.78, 5) is 11.1. The van der Waals surface area contributed by atoms with Crippen molar-refractivity contribution in [1.82, 2.24) is 0 Å². The van der Waals surface area contributed by atoms with Crippen molar-refractivity contribution < 1.29 is 14.6 Å². The second-order valence-electron chi connectivity index (χ2n) is 3.85. The van der Waals surface area contributed by atoms with Crippen molar-refractivity contribution in [1.29, 1.82) is 0 Å². The summed E-state index contributed by atoms with van der Waals surface area (Å²) in [5.74, 6) is -0.774. The second-order valence-corrected chi connectivity index (χ2v) is 4.70. The minimum Gasteiger partial charge on any atom is -0.481 e. The molecule has 4 heteroatoms. The van der Waals surface area contributed by atoms with Crippen LogP contribution < -0.4 is 0 Å². The Hall–Kier alpha value is -0.870. The lowest BCUT2D eigenvalue weighted by Crippen LogP contribution is -2.50. The Morgan fingerprint density at radius 2 is 2.13 bits per heavy atom. The van der Waals surface area contributed by atoms with Gasteiger partial charge >= 0.3 is 5.97 Å². The number of hydrogen-bond donors (Lipinski definition) is 1. The van der Waals surface area contributed by atoms with Crippen LogP contribution in [0.1, 0.15) is 5.56 Å². The third kappa shape index (κ3) is 1.92. The molecule has 0 spiro atoms. The fraction of sp³-hybridized carbons (Fsp3) is 0.364. The molecule has 0 atom stereocenters. The summed E-state index contributed by atoms with van der Waals surface area (Å²) in [6.45, 7) is 0.618. The highest BCUT2D eigenvalue weighted by Crippen LogP contribution is 2.34. The number of carbonyl (C=O) groups is 1. The standard InChI is InChI=1S/C11H11BrO3/c12-9-4-2-1-3-8(9)5-11(10(13)14)6-15-7-11/h1-4H,5-7H2,(H,13,14). The maximum Gasteiger partial charge on any atom is 0.314 e. The van der Waals surface area contributed by atoms with Crippen LogP contribution in [0.5, 0.6) is 0 Å². The Morgan fingerprint density at radius 1 is 1.47 bits per heavy atom. The van der Waals surface area contributed by atoms with Gasteiger partial charge in [-0.1, -0.05) is 34.1 Å². The summed E-state index contributed by atoms with van der Waals surface area (Å²) in [6, 6.07) is 7.69. The third-order valence-corrected chi connectivity index (χ3v) is 3.47. The number of benzene rings is 1. The molecule has 3 nitrogen and oxygen atoms in total. The van der Waals surface area contributed by atoms with Crippen LogP contribution in [0.25, 0.3) is 0 Å². The molecule has 0 unspecified atom stereocenters. The molecule has 0 aliphatic carbocycles. The summed E-state index contributed by atoms with van der Waals surface area (Å²) < 4.78 is 5.97. The maximum absolute atomic E-state index is 11.1. The lowest BCUT2D eigenvalue weighted by molar-refractivity contribution is -0.179. The zero-order valence-corrected chi connectivity index (χ0v) is 9.66. The molecule has 80 valence electrons. The Balaban J connectivity index is 2.21. The Morgan fingerprint density at radius 3 is 2.60 bits per heavy atom. The number of ether oxygens (including phenoxy) is 1. The van der Waals surface area contributed by atoms with Crippen LogP contribution in [0.2, 0.25) is 0 Å². The van der Waals surface area contributed by atoms with E-state index in [-0.39, 0.29) is 0 Å². The average molecular weight is 271 g/mol. The third-order valence-electron chi connectivity index (χ3n) is 2.70. The molecule has 1 N–H and O–H groups in total. The normalized spacial score (nSPS) is 18.2. The first kappa shape index (κ1) is 10.6. The largest absolute Gasteiger partial charge is 0.481 e. The van der Waals surface area contributed by atoms with Gasteiger partial charge in [0.2, 0.25) is 0 Å². The molecule has 1 aromatic rings. The molecule has 1 fully saturated rings. The summed E-state index contributed by atoms with van der Waals surface area (Å²) >= 11 is 3.42. The molecule has 1 aliphatic rings. The van der Waals surface area contributed by atoms with Gasteiger partial charge in [-0.3, -0.25) is 4.79 Å². The maximum atomic E-state index is 11.1. The number of aliphatic carboxylic acids is 1. The lowest BCUT2D eigenvalue weighted by atomic mass is 9.80. The fourth-order valence-corrected chi connectivity index (χ4v) is 2.08. The molecule has 1 aromatic carbocycles. The molecule has 0 aromatic heterocycles.